The van der Waals surface area contributed by atoms with Gasteiger partial charge in [-0.05, 0) is 24.0 Å². The molecule has 1 amide bonds. The van der Waals surface area contributed by atoms with E-state index in [0.717, 1.165) is 12.8 Å². The summed E-state index contributed by atoms with van der Waals surface area (Å²) in [5, 5.41) is 0. The number of hydrogen-bond acceptors (Lipinski definition) is 1. The lowest BCUT2D eigenvalue weighted by Gasteiger charge is -2.18. The molecule has 0 unspecified atom stereocenters. The fourth-order valence-electron chi connectivity index (χ4n) is 1.95. The lowest BCUT2D eigenvalue weighted by Crippen LogP contribution is -2.31. The van der Waals surface area contributed by atoms with Gasteiger partial charge in [0.05, 0.1) is 6.04 Å². The Morgan fingerprint density at radius 2 is 1.86 bits per heavy atom. The van der Waals surface area contributed by atoms with Crippen LogP contribution in [0.1, 0.15) is 18.1 Å². The van der Waals surface area contributed by atoms with Crippen LogP contribution in [-0.4, -0.2) is 16.4 Å². The minimum atomic E-state index is -0.0792. The van der Waals surface area contributed by atoms with Crippen LogP contribution >= 0.6 is 11.8 Å². The second kappa shape index (κ2) is 3.62. The van der Waals surface area contributed by atoms with Gasteiger partial charge in [-0.2, -0.15) is 0 Å². The summed E-state index contributed by atoms with van der Waals surface area (Å²) >= 11 is 5.90. The molecule has 0 spiro atoms. The Balaban J connectivity index is 2.15. The Morgan fingerprint density at radius 3 is 2.29 bits per heavy atom. The first-order valence-corrected chi connectivity index (χ1v) is 5.04. The van der Waals surface area contributed by atoms with Crippen LogP contribution in [0.25, 0.3) is 0 Å². The highest BCUT2D eigenvalue weighted by Crippen LogP contribution is 2.26. The fourth-order valence-corrected chi connectivity index (χ4v) is 2.09. The van der Waals surface area contributed by atoms with Gasteiger partial charge < -0.3 is 0 Å². The molecule has 1 aromatic rings. The highest BCUT2D eigenvalue weighted by Gasteiger charge is 2.26. The molecule has 0 aromatic heterocycles. The zero-order chi connectivity index (χ0) is 10.1. The zero-order valence-corrected chi connectivity index (χ0v) is 8.79. The number of amides is 1. The van der Waals surface area contributed by atoms with Gasteiger partial charge in [0.15, 0.2) is 0 Å². The van der Waals surface area contributed by atoms with Gasteiger partial charge in [0.2, 0.25) is 5.91 Å². The van der Waals surface area contributed by atoms with E-state index in [-0.39, 0.29) is 11.9 Å². The Hall–Kier alpha value is -1.02. The van der Waals surface area contributed by atoms with Crippen LogP contribution in [0.15, 0.2) is 24.3 Å². The molecule has 2 rings (SSSR count). The second-order valence-corrected chi connectivity index (χ2v) is 4.03. The standard InChI is InChI=1S/C11H12ClNO/c1-8(14)13(12)11-6-9-4-2-3-5-10(9)7-11/h2-5,11H,6-7H2,1H3. The molecule has 1 aromatic carbocycles. The number of carbonyl (C=O) groups excluding carboxylic acids is 1. The molecule has 0 atom stereocenters. The molecule has 3 heteroatoms. The normalized spacial score (nSPS) is 15.3. The quantitative estimate of drug-likeness (QED) is 0.650. The van der Waals surface area contributed by atoms with Crippen LogP contribution in [0.5, 0.6) is 0 Å². The first kappa shape index (κ1) is 9.53. The van der Waals surface area contributed by atoms with Crippen molar-refractivity contribution in [2.24, 2.45) is 0 Å². The van der Waals surface area contributed by atoms with Gasteiger partial charge in [-0.3, -0.25) is 9.21 Å². The van der Waals surface area contributed by atoms with E-state index in [1.165, 1.54) is 22.5 Å². The Kier molecular flexibility index (Phi) is 2.46. The maximum Gasteiger partial charge on any atom is 0.234 e. The van der Waals surface area contributed by atoms with Crippen LogP contribution in [-0.2, 0) is 17.6 Å². The summed E-state index contributed by atoms with van der Waals surface area (Å²) in [4.78, 5) is 11.1. The third kappa shape index (κ3) is 1.62. The summed E-state index contributed by atoms with van der Waals surface area (Å²) in [6.07, 6.45) is 1.75. The van der Waals surface area contributed by atoms with E-state index in [1.54, 1.807) is 0 Å². The fraction of sp³-hybridized carbons (Fsp3) is 0.364. The SMILES string of the molecule is CC(=O)N(Cl)C1Cc2ccccc2C1. The monoisotopic (exact) mass is 209 g/mol. The molecule has 0 saturated heterocycles. The minimum absolute atomic E-state index is 0.0792. The van der Waals surface area contributed by atoms with E-state index >= 15 is 0 Å². The van der Waals surface area contributed by atoms with Gasteiger partial charge in [0.1, 0.15) is 0 Å². The van der Waals surface area contributed by atoms with Gasteiger partial charge in [-0.1, -0.05) is 24.3 Å². The molecule has 0 N–H and O–H groups in total. The first-order valence-electron chi connectivity index (χ1n) is 4.71. The van der Waals surface area contributed by atoms with Gasteiger partial charge in [-0.15, -0.1) is 0 Å². The number of carbonyl (C=O) groups is 1. The predicted octanol–water partition coefficient (Wildman–Crippen LogP) is 2.16. The van der Waals surface area contributed by atoms with Crippen molar-refractivity contribution in [3.8, 4) is 0 Å². The van der Waals surface area contributed by atoms with Crippen LogP contribution in [0, 0.1) is 0 Å². The number of nitrogens with zero attached hydrogens (tertiary/aromatic N) is 1. The molecule has 0 saturated carbocycles. The Bertz CT molecular complexity index is 339. The van der Waals surface area contributed by atoms with E-state index in [2.05, 4.69) is 12.1 Å². The third-order valence-electron chi connectivity index (χ3n) is 2.65. The summed E-state index contributed by atoms with van der Waals surface area (Å²) in [7, 11) is 0. The van der Waals surface area contributed by atoms with Crippen molar-refractivity contribution in [3.63, 3.8) is 0 Å². The number of fused-ring (bicyclic) bond motifs is 1. The molecule has 1 aliphatic rings. The van der Waals surface area contributed by atoms with E-state index in [9.17, 15) is 4.79 Å². The van der Waals surface area contributed by atoms with Crippen molar-refractivity contribution in [2.75, 3.05) is 0 Å². The molecule has 0 radical (unpaired) electrons. The van der Waals surface area contributed by atoms with Gasteiger partial charge in [-0.25, -0.2) is 0 Å². The van der Waals surface area contributed by atoms with Gasteiger partial charge in [0.25, 0.3) is 0 Å². The average Bonchev–Trinajstić information content (AvgIpc) is 2.59. The van der Waals surface area contributed by atoms with Crippen LogP contribution in [0.4, 0.5) is 0 Å². The highest BCUT2D eigenvalue weighted by atomic mass is 35.5. The molecule has 74 valence electrons. The second-order valence-electron chi connectivity index (χ2n) is 3.66. The average molecular weight is 210 g/mol. The molecular weight excluding hydrogens is 198 g/mol. The van der Waals surface area contributed by atoms with E-state index < -0.39 is 0 Å². The van der Waals surface area contributed by atoms with Gasteiger partial charge >= 0.3 is 0 Å². The topological polar surface area (TPSA) is 20.3 Å². The van der Waals surface area contributed by atoms with Crippen molar-refractivity contribution in [1.82, 2.24) is 4.42 Å². The van der Waals surface area contributed by atoms with Crippen molar-refractivity contribution < 1.29 is 4.79 Å². The predicted molar refractivity (Wildman–Crippen MR) is 56.0 cm³/mol. The summed E-state index contributed by atoms with van der Waals surface area (Å²) < 4.78 is 1.32. The van der Waals surface area contributed by atoms with E-state index in [0.29, 0.717) is 0 Å². The van der Waals surface area contributed by atoms with Crippen LogP contribution in [0.3, 0.4) is 0 Å². The van der Waals surface area contributed by atoms with Crippen molar-refractivity contribution in [3.05, 3.63) is 35.4 Å². The highest BCUT2D eigenvalue weighted by molar-refractivity contribution is 6.21. The molecule has 1 aliphatic carbocycles. The largest absolute Gasteiger partial charge is 0.274 e. The molecule has 2 nitrogen and oxygen atoms in total. The summed E-state index contributed by atoms with van der Waals surface area (Å²) in [6, 6.07) is 8.37. The number of hydrogen-bond donors (Lipinski definition) is 0. The zero-order valence-electron chi connectivity index (χ0n) is 8.03. The maximum atomic E-state index is 11.1. The minimum Gasteiger partial charge on any atom is -0.274 e. The lowest BCUT2D eigenvalue weighted by molar-refractivity contribution is -0.125. The van der Waals surface area contributed by atoms with Crippen molar-refractivity contribution in [2.45, 2.75) is 25.8 Å². The summed E-state index contributed by atoms with van der Waals surface area (Å²) in [5.41, 5.74) is 2.62. The molecule has 0 bridgehead atoms. The molecule has 0 aliphatic heterocycles. The van der Waals surface area contributed by atoms with E-state index in [1.807, 2.05) is 12.1 Å². The number of halogens is 1. The number of rotatable bonds is 1. The third-order valence-corrected chi connectivity index (χ3v) is 3.16. The summed E-state index contributed by atoms with van der Waals surface area (Å²) in [5.74, 6) is -0.0792. The first-order chi connectivity index (χ1) is 6.68. The molecule has 14 heavy (non-hydrogen) atoms. The summed E-state index contributed by atoms with van der Waals surface area (Å²) in [6.45, 7) is 1.50. The molecule has 0 heterocycles. The van der Waals surface area contributed by atoms with E-state index in [4.69, 9.17) is 11.8 Å². The maximum absolute atomic E-state index is 11.1. The van der Waals surface area contributed by atoms with Crippen LogP contribution in [0.2, 0.25) is 0 Å². The van der Waals surface area contributed by atoms with Crippen LogP contribution < -0.4 is 0 Å². The van der Waals surface area contributed by atoms with Crippen molar-refractivity contribution >= 4 is 17.7 Å². The lowest BCUT2D eigenvalue weighted by atomic mass is 10.1. The Morgan fingerprint density at radius 1 is 1.36 bits per heavy atom. The Labute approximate surface area is 88.6 Å². The molecule has 0 fully saturated rings. The molecular formula is C11H12ClNO. The van der Waals surface area contributed by atoms with Crippen molar-refractivity contribution in [1.29, 1.82) is 0 Å². The smallest absolute Gasteiger partial charge is 0.234 e. The number of benzene rings is 1. The van der Waals surface area contributed by atoms with Gasteiger partial charge in [0, 0.05) is 18.7 Å².